The number of anilines is 1. The zero-order valence-corrected chi connectivity index (χ0v) is 11.8. The van der Waals surface area contributed by atoms with E-state index in [-0.39, 0.29) is 5.91 Å². The molecule has 1 aromatic heterocycles. The van der Waals surface area contributed by atoms with Gasteiger partial charge >= 0.3 is 0 Å². The molecule has 0 unspecified atom stereocenters. The molecule has 1 aromatic carbocycles. The van der Waals surface area contributed by atoms with Gasteiger partial charge in [0.15, 0.2) is 5.82 Å². The van der Waals surface area contributed by atoms with Gasteiger partial charge < -0.3 is 5.32 Å². The average Bonchev–Trinajstić information content (AvgIpc) is 2.80. The van der Waals surface area contributed by atoms with Gasteiger partial charge in [0.05, 0.1) is 5.56 Å². The van der Waals surface area contributed by atoms with E-state index >= 15 is 0 Å². The predicted octanol–water partition coefficient (Wildman–Crippen LogP) is 3.30. The number of carbonyl (C=O) groups is 1. The minimum absolute atomic E-state index is 0.167. The Labute approximate surface area is 114 Å². The van der Waals surface area contributed by atoms with E-state index in [1.807, 2.05) is 32.0 Å². The number of benzene rings is 1. The van der Waals surface area contributed by atoms with Crippen molar-refractivity contribution in [1.29, 1.82) is 0 Å². The molecule has 0 aliphatic carbocycles. The van der Waals surface area contributed by atoms with Crippen molar-refractivity contribution in [3.63, 3.8) is 0 Å². The van der Waals surface area contributed by atoms with E-state index in [4.69, 9.17) is 0 Å². The minimum Gasteiger partial charge on any atom is -0.305 e. The van der Waals surface area contributed by atoms with Gasteiger partial charge in [-0.1, -0.05) is 19.1 Å². The van der Waals surface area contributed by atoms with Crippen molar-refractivity contribution in [2.24, 2.45) is 0 Å². The third-order valence-electron chi connectivity index (χ3n) is 2.69. The summed E-state index contributed by atoms with van der Waals surface area (Å²) in [5.74, 6) is 0.380. The maximum absolute atomic E-state index is 12.1. The van der Waals surface area contributed by atoms with E-state index in [1.54, 1.807) is 6.07 Å². The van der Waals surface area contributed by atoms with Crippen LogP contribution in [-0.4, -0.2) is 16.1 Å². The summed E-state index contributed by atoms with van der Waals surface area (Å²) in [5, 5.41) is 9.66. The Morgan fingerprint density at radius 3 is 2.94 bits per heavy atom. The highest BCUT2D eigenvalue weighted by Crippen LogP contribution is 2.21. The number of aromatic amines is 1. The van der Waals surface area contributed by atoms with Gasteiger partial charge in [0, 0.05) is 16.2 Å². The monoisotopic (exact) mass is 307 g/mol. The summed E-state index contributed by atoms with van der Waals surface area (Å²) in [7, 11) is 0. The molecule has 2 rings (SSSR count). The first-order valence-corrected chi connectivity index (χ1v) is 6.52. The summed E-state index contributed by atoms with van der Waals surface area (Å²) in [6.45, 7) is 3.97. The van der Waals surface area contributed by atoms with Crippen LogP contribution < -0.4 is 5.32 Å². The van der Waals surface area contributed by atoms with Crippen LogP contribution in [0.5, 0.6) is 0 Å². The van der Waals surface area contributed by atoms with Gasteiger partial charge in [0.1, 0.15) is 0 Å². The number of hydrogen-bond donors (Lipinski definition) is 2. The van der Waals surface area contributed by atoms with Crippen molar-refractivity contribution in [2.75, 3.05) is 5.32 Å². The molecule has 18 heavy (non-hydrogen) atoms. The normalized spacial score (nSPS) is 10.4. The number of hydrogen-bond acceptors (Lipinski definition) is 2. The Balaban J connectivity index is 2.19. The Hall–Kier alpha value is -1.62. The van der Waals surface area contributed by atoms with Gasteiger partial charge in [-0.15, -0.1) is 0 Å². The molecule has 0 aliphatic rings. The van der Waals surface area contributed by atoms with Crippen molar-refractivity contribution in [3.05, 3.63) is 45.6 Å². The predicted molar refractivity (Wildman–Crippen MR) is 74.8 cm³/mol. The molecule has 0 saturated carbocycles. The SMILES string of the molecule is CCc1cc(NC(=O)c2cccc(C)c2Br)n[nH]1. The molecule has 4 nitrogen and oxygen atoms in total. The van der Waals surface area contributed by atoms with Gasteiger partial charge in [0.2, 0.25) is 0 Å². The van der Waals surface area contributed by atoms with E-state index in [9.17, 15) is 4.79 Å². The van der Waals surface area contributed by atoms with Crippen molar-refractivity contribution in [3.8, 4) is 0 Å². The highest BCUT2D eigenvalue weighted by Gasteiger charge is 2.12. The fourth-order valence-corrected chi connectivity index (χ4v) is 2.06. The van der Waals surface area contributed by atoms with Crippen molar-refractivity contribution in [2.45, 2.75) is 20.3 Å². The van der Waals surface area contributed by atoms with E-state index in [0.29, 0.717) is 11.4 Å². The number of halogens is 1. The number of nitrogens with one attached hydrogen (secondary N) is 2. The molecule has 0 fully saturated rings. The lowest BCUT2D eigenvalue weighted by atomic mass is 10.1. The molecule has 5 heteroatoms. The minimum atomic E-state index is -0.167. The van der Waals surface area contributed by atoms with Crippen LogP contribution >= 0.6 is 15.9 Å². The zero-order chi connectivity index (χ0) is 13.1. The third kappa shape index (κ3) is 2.61. The van der Waals surface area contributed by atoms with Crippen LogP contribution in [0.1, 0.15) is 28.5 Å². The molecule has 0 atom stereocenters. The van der Waals surface area contributed by atoms with Gasteiger partial charge in [0.25, 0.3) is 5.91 Å². The van der Waals surface area contributed by atoms with Gasteiger partial charge in [-0.3, -0.25) is 9.89 Å². The molecule has 0 radical (unpaired) electrons. The highest BCUT2D eigenvalue weighted by atomic mass is 79.9. The molecule has 0 spiro atoms. The van der Waals surface area contributed by atoms with E-state index in [1.165, 1.54) is 0 Å². The number of amides is 1. The first-order valence-electron chi connectivity index (χ1n) is 5.72. The molecule has 0 bridgehead atoms. The van der Waals surface area contributed by atoms with Gasteiger partial charge in [-0.25, -0.2) is 0 Å². The second-order valence-corrected chi connectivity index (χ2v) is 4.82. The van der Waals surface area contributed by atoms with Crippen molar-refractivity contribution in [1.82, 2.24) is 10.2 Å². The van der Waals surface area contributed by atoms with Crippen LogP contribution in [0.2, 0.25) is 0 Å². The summed E-state index contributed by atoms with van der Waals surface area (Å²) >= 11 is 3.42. The molecule has 1 amide bonds. The van der Waals surface area contributed by atoms with Crippen LogP contribution in [0, 0.1) is 6.92 Å². The fourth-order valence-electron chi connectivity index (χ4n) is 1.61. The summed E-state index contributed by atoms with van der Waals surface area (Å²) in [4.78, 5) is 12.1. The molecule has 1 heterocycles. The largest absolute Gasteiger partial charge is 0.305 e. The zero-order valence-electron chi connectivity index (χ0n) is 10.2. The first kappa shape index (κ1) is 12.8. The highest BCUT2D eigenvalue weighted by molar-refractivity contribution is 9.10. The van der Waals surface area contributed by atoms with Crippen molar-refractivity contribution < 1.29 is 4.79 Å². The Bertz CT molecular complexity index is 577. The molecule has 94 valence electrons. The average molecular weight is 308 g/mol. The first-order chi connectivity index (χ1) is 8.61. The van der Waals surface area contributed by atoms with E-state index in [0.717, 1.165) is 22.2 Å². The number of aryl methyl sites for hydroxylation is 2. The third-order valence-corrected chi connectivity index (χ3v) is 3.74. The number of rotatable bonds is 3. The number of carbonyl (C=O) groups excluding carboxylic acids is 1. The van der Waals surface area contributed by atoms with E-state index in [2.05, 4.69) is 31.4 Å². The Kier molecular flexibility index (Phi) is 3.81. The van der Waals surface area contributed by atoms with Crippen molar-refractivity contribution >= 4 is 27.7 Å². The van der Waals surface area contributed by atoms with Crippen LogP contribution in [-0.2, 0) is 6.42 Å². The number of H-pyrrole nitrogens is 1. The summed E-state index contributed by atoms with van der Waals surface area (Å²) in [5.41, 5.74) is 2.63. The molecule has 0 saturated heterocycles. The van der Waals surface area contributed by atoms with Crippen LogP contribution in [0.25, 0.3) is 0 Å². The lowest BCUT2D eigenvalue weighted by molar-refractivity contribution is 0.102. The summed E-state index contributed by atoms with van der Waals surface area (Å²) in [6, 6.07) is 7.42. The Morgan fingerprint density at radius 1 is 1.50 bits per heavy atom. The quantitative estimate of drug-likeness (QED) is 0.914. The summed E-state index contributed by atoms with van der Waals surface area (Å²) < 4.78 is 0.814. The lowest BCUT2D eigenvalue weighted by Crippen LogP contribution is -2.13. The van der Waals surface area contributed by atoms with Crippen LogP contribution in [0.4, 0.5) is 5.82 Å². The molecule has 0 aliphatic heterocycles. The Morgan fingerprint density at radius 2 is 2.28 bits per heavy atom. The smallest absolute Gasteiger partial charge is 0.258 e. The standard InChI is InChI=1S/C13H14BrN3O/c1-3-9-7-11(17-16-9)15-13(18)10-6-4-5-8(2)12(10)14/h4-7H,3H2,1-2H3,(H2,15,16,17,18). The molecular formula is C13H14BrN3O. The van der Waals surface area contributed by atoms with Crippen LogP contribution in [0.3, 0.4) is 0 Å². The van der Waals surface area contributed by atoms with Gasteiger partial charge in [-0.05, 0) is 40.9 Å². The lowest BCUT2D eigenvalue weighted by Gasteiger charge is -2.06. The summed E-state index contributed by atoms with van der Waals surface area (Å²) in [6.07, 6.45) is 0.858. The molecular weight excluding hydrogens is 294 g/mol. The maximum Gasteiger partial charge on any atom is 0.258 e. The number of nitrogens with zero attached hydrogens (tertiary/aromatic N) is 1. The molecule has 2 aromatic rings. The maximum atomic E-state index is 12.1. The second-order valence-electron chi connectivity index (χ2n) is 4.02. The topological polar surface area (TPSA) is 57.8 Å². The molecule has 2 N–H and O–H groups in total. The number of aromatic nitrogens is 2. The van der Waals surface area contributed by atoms with Gasteiger partial charge in [-0.2, -0.15) is 5.10 Å². The fraction of sp³-hybridized carbons (Fsp3) is 0.231. The van der Waals surface area contributed by atoms with Crippen LogP contribution in [0.15, 0.2) is 28.7 Å². The van der Waals surface area contributed by atoms with E-state index < -0.39 is 0 Å². The second kappa shape index (κ2) is 5.35.